The first-order valence-electron chi connectivity index (χ1n) is 8.55. The number of amides is 1. The molecule has 2 aromatic heterocycles. The summed E-state index contributed by atoms with van der Waals surface area (Å²) in [5, 5.41) is 11.0. The fourth-order valence-corrected chi connectivity index (χ4v) is 3.99. The topological polar surface area (TPSA) is 84.0 Å². The molecule has 0 unspecified atom stereocenters. The molecule has 142 valence electrons. The van der Waals surface area contributed by atoms with Gasteiger partial charge < -0.3 is 14.2 Å². The van der Waals surface area contributed by atoms with Crippen LogP contribution in [-0.2, 0) is 19.5 Å². The maximum Gasteiger partial charge on any atom is 0.291 e. The minimum absolute atomic E-state index is 0.117. The summed E-state index contributed by atoms with van der Waals surface area (Å²) in [5.41, 5.74) is 2.70. The van der Waals surface area contributed by atoms with E-state index in [0.29, 0.717) is 35.3 Å². The Labute approximate surface area is 171 Å². The number of methoxy groups -OCH3 is 1. The molecule has 3 heterocycles. The number of hydrogen-bond donors (Lipinski definition) is 0. The molecule has 0 radical (unpaired) electrons. The molecule has 3 aromatic rings. The lowest BCUT2D eigenvalue weighted by molar-refractivity contribution is 0.0721. The number of hydrogen-bond acceptors (Lipinski definition) is 5. The van der Waals surface area contributed by atoms with Gasteiger partial charge >= 0.3 is 0 Å². The molecule has 0 saturated carbocycles. The molecule has 28 heavy (non-hydrogen) atoms. The van der Waals surface area contributed by atoms with Crippen LogP contribution in [0.1, 0.15) is 21.9 Å². The minimum atomic E-state index is -0.255. The van der Waals surface area contributed by atoms with Crippen molar-refractivity contribution in [3.63, 3.8) is 0 Å². The summed E-state index contributed by atoms with van der Waals surface area (Å²) in [5.74, 6) is 0.351. The molecule has 9 heteroatoms. The van der Waals surface area contributed by atoms with Crippen molar-refractivity contribution < 1.29 is 9.53 Å². The van der Waals surface area contributed by atoms with Crippen LogP contribution in [0.15, 0.2) is 24.5 Å². The predicted molar refractivity (Wildman–Crippen MR) is 105 cm³/mol. The lowest BCUT2D eigenvalue weighted by Gasteiger charge is -2.27. The van der Waals surface area contributed by atoms with Crippen LogP contribution in [0.5, 0.6) is 5.75 Å². The number of fused-ring (bicyclic) bond motifs is 3. The van der Waals surface area contributed by atoms with Crippen LogP contribution < -0.4 is 4.74 Å². The molecule has 4 rings (SSSR count). The third-order valence-electron chi connectivity index (χ3n) is 4.88. The molecule has 0 aliphatic carbocycles. The number of carbonyl (C=O) groups is 1. The molecule has 0 bridgehead atoms. The molecule has 7 nitrogen and oxygen atoms in total. The second-order valence-corrected chi connectivity index (χ2v) is 7.14. The van der Waals surface area contributed by atoms with E-state index in [2.05, 4.69) is 16.0 Å². The third kappa shape index (κ3) is 2.95. The molecule has 0 spiro atoms. The predicted octanol–water partition coefficient (Wildman–Crippen LogP) is 3.47. The molecule has 0 fully saturated rings. The summed E-state index contributed by atoms with van der Waals surface area (Å²) in [6.45, 7) is 1.05. The van der Waals surface area contributed by atoms with Crippen molar-refractivity contribution in [1.82, 2.24) is 19.4 Å². The van der Waals surface area contributed by atoms with Crippen LogP contribution in [0.25, 0.3) is 10.9 Å². The summed E-state index contributed by atoms with van der Waals surface area (Å²) in [7, 11) is 1.51. The van der Waals surface area contributed by atoms with Crippen molar-refractivity contribution >= 4 is 40.0 Å². The van der Waals surface area contributed by atoms with E-state index < -0.39 is 0 Å². The standard InChI is InChI=1S/C19H15Cl2N5O2/c1-28-11-8-23-18(24-9-11)19(27)25-6-4-15-13(10-25)12-2-3-14(20)16(21)17(12)26(15)7-5-22/h2-3,8-9H,4,6-7,10H2,1H3. The maximum atomic E-state index is 12.9. The Hall–Kier alpha value is -2.82. The number of benzene rings is 1. The van der Waals surface area contributed by atoms with Gasteiger partial charge in [0.2, 0.25) is 5.82 Å². The Morgan fingerprint density at radius 3 is 2.75 bits per heavy atom. The second kappa shape index (κ2) is 7.30. The molecule has 1 aliphatic rings. The van der Waals surface area contributed by atoms with Crippen LogP contribution >= 0.6 is 23.2 Å². The average molecular weight is 416 g/mol. The molecular formula is C19H15Cl2N5O2. The first kappa shape index (κ1) is 18.5. The number of ether oxygens (including phenoxy) is 1. The highest BCUT2D eigenvalue weighted by Crippen LogP contribution is 2.38. The zero-order valence-corrected chi connectivity index (χ0v) is 16.5. The zero-order valence-electron chi connectivity index (χ0n) is 14.9. The van der Waals surface area contributed by atoms with E-state index in [0.717, 1.165) is 22.2 Å². The summed E-state index contributed by atoms with van der Waals surface area (Å²) < 4.78 is 6.93. The third-order valence-corrected chi connectivity index (χ3v) is 5.67. The van der Waals surface area contributed by atoms with Gasteiger partial charge in [-0.3, -0.25) is 4.79 Å². The Morgan fingerprint density at radius 2 is 2.07 bits per heavy atom. The van der Waals surface area contributed by atoms with Gasteiger partial charge in [-0.15, -0.1) is 0 Å². The zero-order chi connectivity index (χ0) is 19.8. The van der Waals surface area contributed by atoms with Gasteiger partial charge in [-0.1, -0.05) is 29.3 Å². The van der Waals surface area contributed by atoms with E-state index >= 15 is 0 Å². The van der Waals surface area contributed by atoms with Crippen LogP contribution in [0, 0.1) is 11.3 Å². The maximum absolute atomic E-state index is 12.9. The van der Waals surface area contributed by atoms with E-state index in [1.807, 2.05) is 10.6 Å². The minimum Gasteiger partial charge on any atom is -0.494 e. The summed E-state index contributed by atoms with van der Waals surface area (Å²) in [4.78, 5) is 22.7. The van der Waals surface area contributed by atoms with E-state index in [9.17, 15) is 10.1 Å². The van der Waals surface area contributed by atoms with E-state index in [1.54, 1.807) is 11.0 Å². The molecule has 0 N–H and O–H groups in total. The van der Waals surface area contributed by atoms with Gasteiger partial charge in [-0.05, 0) is 6.07 Å². The van der Waals surface area contributed by atoms with Crippen LogP contribution in [0.4, 0.5) is 0 Å². The van der Waals surface area contributed by atoms with Crippen LogP contribution in [0.2, 0.25) is 10.0 Å². The van der Waals surface area contributed by atoms with Crippen LogP contribution in [-0.4, -0.2) is 39.0 Å². The number of carbonyl (C=O) groups excluding carboxylic acids is 1. The first-order valence-corrected chi connectivity index (χ1v) is 9.31. The normalized spacial score (nSPS) is 13.3. The average Bonchev–Trinajstić information content (AvgIpc) is 3.04. The Bertz CT molecular complexity index is 1120. The first-order chi connectivity index (χ1) is 13.5. The Morgan fingerprint density at radius 1 is 1.32 bits per heavy atom. The second-order valence-electron chi connectivity index (χ2n) is 6.35. The fourth-order valence-electron chi connectivity index (χ4n) is 3.57. The lowest BCUT2D eigenvalue weighted by Crippen LogP contribution is -2.37. The van der Waals surface area contributed by atoms with Crippen molar-refractivity contribution in [2.75, 3.05) is 13.7 Å². The van der Waals surface area contributed by atoms with Crippen molar-refractivity contribution in [1.29, 1.82) is 5.26 Å². The van der Waals surface area contributed by atoms with E-state index in [1.165, 1.54) is 19.5 Å². The van der Waals surface area contributed by atoms with E-state index in [-0.39, 0.29) is 18.3 Å². The summed E-state index contributed by atoms with van der Waals surface area (Å²) in [6, 6.07) is 5.79. The van der Waals surface area contributed by atoms with Gasteiger partial charge in [0.25, 0.3) is 5.91 Å². The van der Waals surface area contributed by atoms with Crippen molar-refractivity contribution in [2.45, 2.75) is 19.5 Å². The highest BCUT2D eigenvalue weighted by molar-refractivity contribution is 6.45. The molecule has 1 aromatic carbocycles. The number of rotatable bonds is 3. The fraction of sp³-hybridized carbons (Fsp3) is 0.263. The van der Waals surface area contributed by atoms with Gasteiger partial charge in [-0.2, -0.15) is 5.26 Å². The Kier molecular flexibility index (Phi) is 4.84. The van der Waals surface area contributed by atoms with Gasteiger partial charge in [0, 0.05) is 36.2 Å². The molecule has 0 atom stereocenters. The van der Waals surface area contributed by atoms with Crippen molar-refractivity contribution in [3.8, 4) is 11.8 Å². The monoisotopic (exact) mass is 415 g/mol. The molecule has 0 saturated heterocycles. The molecular weight excluding hydrogens is 401 g/mol. The largest absolute Gasteiger partial charge is 0.494 e. The summed E-state index contributed by atoms with van der Waals surface area (Å²) >= 11 is 12.6. The molecule has 1 amide bonds. The summed E-state index contributed by atoms with van der Waals surface area (Å²) in [6.07, 6.45) is 3.54. The highest BCUT2D eigenvalue weighted by atomic mass is 35.5. The van der Waals surface area contributed by atoms with Crippen molar-refractivity contribution in [3.05, 3.63) is 51.7 Å². The van der Waals surface area contributed by atoms with Crippen molar-refractivity contribution in [2.24, 2.45) is 0 Å². The number of halogens is 2. The lowest BCUT2D eigenvalue weighted by atomic mass is 10.0. The smallest absolute Gasteiger partial charge is 0.291 e. The number of aromatic nitrogens is 3. The number of nitriles is 1. The quantitative estimate of drug-likeness (QED) is 0.653. The SMILES string of the molecule is COc1cnc(C(=O)N2CCc3c(c4ccc(Cl)c(Cl)c4n3CC#N)C2)nc1. The van der Waals surface area contributed by atoms with Gasteiger partial charge in [0.05, 0.1) is 41.1 Å². The Balaban J connectivity index is 1.74. The van der Waals surface area contributed by atoms with E-state index in [4.69, 9.17) is 27.9 Å². The van der Waals surface area contributed by atoms with Gasteiger partial charge in [0.15, 0.2) is 5.75 Å². The molecule has 1 aliphatic heterocycles. The van der Waals surface area contributed by atoms with Crippen LogP contribution in [0.3, 0.4) is 0 Å². The number of nitrogens with zero attached hydrogens (tertiary/aromatic N) is 5. The van der Waals surface area contributed by atoms with Gasteiger partial charge in [-0.25, -0.2) is 9.97 Å². The van der Waals surface area contributed by atoms with Gasteiger partial charge in [0.1, 0.15) is 6.54 Å². The highest BCUT2D eigenvalue weighted by Gasteiger charge is 2.29.